The molecule has 2 rings (SSSR count). The number of alkyl halides is 3. The van der Waals surface area contributed by atoms with Crippen LogP contribution in [0.4, 0.5) is 18.9 Å². The van der Waals surface area contributed by atoms with Gasteiger partial charge in [-0.05, 0) is 48.7 Å². The first-order chi connectivity index (χ1) is 18.1. The Morgan fingerprint density at radius 2 is 1.64 bits per heavy atom. The van der Waals surface area contributed by atoms with Crippen molar-refractivity contribution in [2.75, 3.05) is 23.7 Å². The van der Waals surface area contributed by atoms with E-state index in [4.69, 9.17) is 34.8 Å². The maximum Gasteiger partial charge on any atom is 0.417 e. The summed E-state index contributed by atoms with van der Waals surface area (Å²) in [6.07, 6.45) is -2.37. The van der Waals surface area contributed by atoms with Gasteiger partial charge < -0.3 is 10.2 Å². The summed E-state index contributed by atoms with van der Waals surface area (Å²) >= 11 is 17.8. The van der Waals surface area contributed by atoms with Crippen molar-refractivity contribution in [2.45, 2.75) is 51.9 Å². The number of carbonyl (C=O) groups excluding carboxylic acids is 2. The van der Waals surface area contributed by atoms with Crippen LogP contribution in [0, 0.1) is 0 Å². The predicted octanol–water partition coefficient (Wildman–Crippen LogP) is 6.16. The molecule has 0 bridgehead atoms. The van der Waals surface area contributed by atoms with E-state index < -0.39 is 56.9 Å². The molecule has 0 saturated carbocycles. The third-order valence-electron chi connectivity index (χ3n) is 5.77. The zero-order valence-corrected chi connectivity index (χ0v) is 24.6. The van der Waals surface area contributed by atoms with Gasteiger partial charge in [0.05, 0.1) is 32.6 Å². The zero-order valence-electron chi connectivity index (χ0n) is 21.5. The second-order valence-corrected chi connectivity index (χ2v) is 11.9. The third kappa shape index (κ3) is 9.16. The Morgan fingerprint density at radius 3 is 2.18 bits per heavy atom. The second-order valence-electron chi connectivity index (χ2n) is 8.77. The van der Waals surface area contributed by atoms with E-state index in [1.165, 1.54) is 17.0 Å². The number of carbonyl (C=O) groups is 2. The first-order valence-corrected chi connectivity index (χ1v) is 14.9. The van der Waals surface area contributed by atoms with Crippen molar-refractivity contribution in [1.29, 1.82) is 0 Å². The molecule has 2 aromatic carbocycles. The lowest BCUT2D eigenvalue weighted by molar-refractivity contribution is -0.140. The van der Waals surface area contributed by atoms with E-state index in [9.17, 15) is 31.2 Å². The van der Waals surface area contributed by atoms with Crippen LogP contribution in [-0.4, -0.2) is 50.5 Å². The van der Waals surface area contributed by atoms with Gasteiger partial charge in [0.25, 0.3) is 0 Å². The Bertz CT molecular complexity index is 1290. The lowest BCUT2D eigenvalue weighted by Crippen LogP contribution is -2.52. The average molecular weight is 631 g/mol. The average Bonchev–Trinajstić information content (AvgIpc) is 2.83. The van der Waals surface area contributed by atoms with Gasteiger partial charge >= 0.3 is 6.18 Å². The van der Waals surface area contributed by atoms with Gasteiger partial charge in [-0.15, -0.1) is 0 Å². The lowest BCUT2D eigenvalue weighted by atomic mass is 10.1. The molecule has 0 heterocycles. The Balaban J connectivity index is 2.52. The van der Waals surface area contributed by atoms with Gasteiger partial charge in [0.1, 0.15) is 12.6 Å². The number of benzene rings is 2. The number of nitrogens with one attached hydrogen (secondary N) is 1. The molecule has 2 amide bonds. The number of amides is 2. The zero-order chi connectivity index (χ0) is 29.5. The van der Waals surface area contributed by atoms with Gasteiger partial charge in [-0.2, -0.15) is 13.2 Å². The van der Waals surface area contributed by atoms with Crippen LogP contribution < -0.4 is 9.62 Å². The minimum Gasteiger partial charge on any atom is -0.354 e. The summed E-state index contributed by atoms with van der Waals surface area (Å²) in [6.45, 7) is 3.01. The molecule has 1 atom stereocenters. The van der Waals surface area contributed by atoms with Crippen LogP contribution in [0.3, 0.4) is 0 Å². The largest absolute Gasteiger partial charge is 0.417 e. The molecule has 39 heavy (non-hydrogen) atoms. The molecule has 7 nitrogen and oxygen atoms in total. The maximum atomic E-state index is 13.6. The molecule has 0 aliphatic heterocycles. The highest BCUT2D eigenvalue weighted by Crippen LogP contribution is 2.37. The fourth-order valence-electron chi connectivity index (χ4n) is 3.76. The highest BCUT2D eigenvalue weighted by atomic mass is 35.5. The van der Waals surface area contributed by atoms with Crippen LogP contribution in [0.1, 0.15) is 44.2 Å². The third-order valence-corrected chi connectivity index (χ3v) is 7.98. The van der Waals surface area contributed by atoms with Gasteiger partial charge in [0.15, 0.2) is 0 Å². The summed E-state index contributed by atoms with van der Waals surface area (Å²) in [6, 6.07) is 6.17. The molecule has 14 heteroatoms. The molecule has 2 aromatic rings. The Hall–Kier alpha value is -2.21. The summed E-state index contributed by atoms with van der Waals surface area (Å²) in [4.78, 5) is 27.9. The first-order valence-electron chi connectivity index (χ1n) is 12.0. The van der Waals surface area contributed by atoms with E-state index in [-0.39, 0.29) is 23.0 Å². The maximum absolute atomic E-state index is 13.6. The van der Waals surface area contributed by atoms with Crippen molar-refractivity contribution in [3.05, 3.63) is 62.6 Å². The molecule has 0 spiro atoms. The fourth-order valence-corrected chi connectivity index (χ4v) is 5.15. The van der Waals surface area contributed by atoms with E-state index in [0.717, 1.165) is 24.8 Å². The summed E-state index contributed by atoms with van der Waals surface area (Å²) in [5.41, 5.74) is -1.15. The SMILES string of the molecule is CCCCNC(=O)C(CC)N(Cc1ccc(Cl)c(Cl)c1)C(=O)CN(c1ccc(Cl)c(C(F)(F)F)c1)S(C)(=O)=O. The summed E-state index contributed by atoms with van der Waals surface area (Å²) in [5, 5.41) is 2.63. The summed E-state index contributed by atoms with van der Waals surface area (Å²) < 4.78 is 66.2. The fraction of sp³-hybridized carbons (Fsp3) is 0.440. The highest BCUT2D eigenvalue weighted by Gasteiger charge is 2.36. The number of hydrogen-bond donors (Lipinski definition) is 1. The van der Waals surface area contributed by atoms with Crippen LogP contribution in [0.2, 0.25) is 15.1 Å². The second kappa shape index (κ2) is 13.9. The number of rotatable bonds is 12. The van der Waals surface area contributed by atoms with E-state index in [1.54, 1.807) is 13.0 Å². The molecule has 1 unspecified atom stereocenters. The van der Waals surface area contributed by atoms with Crippen molar-refractivity contribution < 1.29 is 31.2 Å². The van der Waals surface area contributed by atoms with Crippen molar-refractivity contribution in [2.24, 2.45) is 0 Å². The number of sulfonamides is 1. The van der Waals surface area contributed by atoms with Gasteiger partial charge in [0, 0.05) is 13.1 Å². The van der Waals surface area contributed by atoms with E-state index in [0.29, 0.717) is 28.9 Å². The van der Waals surface area contributed by atoms with Gasteiger partial charge in [-0.25, -0.2) is 8.42 Å². The molecule has 0 saturated heterocycles. The van der Waals surface area contributed by atoms with Gasteiger partial charge in [-0.1, -0.05) is 61.1 Å². The molecular weight excluding hydrogens is 602 g/mol. The monoisotopic (exact) mass is 629 g/mol. The van der Waals surface area contributed by atoms with Crippen molar-refractivity contribution >= 4 is 62.3 Å². The number of nitrogens with zero attached hydrogens (tertiary/aromatic N) is 2. The summed E-state index contributed by atoms with van der Waals surface area (Å²) in [7, 11) is -4.24. The molecule has 0 aliphatic rings. The van der Waals surface area contributed by atoms with E-state index >= 15 is 0 Å². The number of hydrogen-bond acceptors (Lipinski definition) is 4. The normalized spacial score (nSPS) is 12.6. The summed E-state index contributed by atoms with van der Waals surface area (Å²) in [5.74, 6) is -1.26. The standard InChI is InChI=1S/C25H29Cl3F3N3O4S/c1-4-6-11-32-24(36)22(5-2)33(14-16-7-9-20(27)21(28)12-16)23(35)15-34(39(3,37)38)17-8-10-19(26)18(13-17)25(29,30)31/h7-10,12-13,22H,4-6,11,14-15H2,1-3H3,(H,32,36). The molecule has 0 aromatic heterocycles. The minimum absolute atomic E-state index is 0.137. The van der Waals surface area contributed by atoms with Crippen LogP contribution in [0.5, 0.6) is 0 Å². The van der Waals surface area contributed by atoms with Crippen molar-refractivity contribution in [1.82, 2.24) is 10.2 Å². The Kier molecular flexibility index (Phi) is 11.8. The number of anilines is 1. The van der Waals surface area contributed by atoms with Crippen molar-refractivity contribution in [3.8, 4) is 0 Å². The van der Waals surface area contributed by atoms with Crippen LogP contribution >= 0.6 is 34.8 Å². The lowest BCUT2D eigenvalue weighted by Gasteiger charge is -2.33. The molecule has 1 N–H and O–H groups in total. The Morgan fingerprint density at radius 1 is 1.00 bits per heavy atom. The first kappa shape index (κ1) is 33.0. The highest BCUT2D eigenvalue weighted by molar-refractivity contribution is 7.92. The topological polar surface area (TPSA) is 86.8 Å². The van der Waals surface area contributed by atoms with Crippen LogP contribution in [0.25, 0.3) is 0 Å². The predicted molar refractivity (Wildman–Crippen MR) is 148 cm³/mol. The quantitative estimate of drug-likeness (QED) is 0.285. The molecule has 0 aliphatic carbocycles. The van der Waals surface area contributed by atoms with Gasteiger partial charge in [-0.3, -0.25) is 13.9 Å². The molecule has 216 valence electrons. The number of halogens is 6. The molecular formula is C25H29Cl3F3N3O4S. The van der Waals surface area contributed by atoms with Crippen LogP contribution in [0.15, 0.2) is 36.4 Å². The Labute approximate surface area is 241 Å². The van der Waals surface area contributed by atoms with Gasteiger partial charge in [0.2, 0.25) is 21.8 Å². The van der Waals surface area contributed by atoms with E-state index in [1.807, 2.05) is 6.92 Å². The molecule has 0 fully saturated rings. The van der Waals surface area contributed by atoms with E-state index in [2.05, 4.69) is 5.32 Å². The number of unbranched alkanes of at least 4 members (excludes halogenated alkanes) is 1. The molecule has 0 radical (unpaired) electrons. The minimum atomic E-state index is -4.86. The van der Waals surface area contributed by atoms with Crippen LogP contribution in [-0.2, 0) is 32.3 Å². The van der Waals surface area contributed by atoms with Crippen molar-refractivity contribution in [3.63, 3.8) is 0 Å². The smallest absolute Gasteiger partial charge is 0.354 e.